The minimum absolute atomic E-state index is 0.125. The zero-order chi connectivity index (χ0) is 20.8. The van der Waals surface area contributed by atoms with E-state index < -0.39 is 0 Å². The highest BCUT2D eigenvalue weighted by atomic mass is 35.5. The Morgan fingerprint density at radius 3 is 2.55 bits per heavy atom. The Kier molecular flexibility index (Phi) is 6.67. The minimum Gasteiger partial charge on any atom is -0.484 e. The van der Waals surface area contributed by atoms with Crippen LogP contribution in [0.25, 0.3) is 0 Å². The Morgan fingerprint density at radius 2 is 1.86 bits per heavy atom. The minimum atomic E-state index is -0.356. The summed E-state index contributed by atoms with van der Waals surface area (Å²) in [5, 5.41) is 8.91. The molecule has 0 saturated carbocycles. The van der Waals surface area contributed by atoms with Gasteiger partial charge in [0, 0.05) is 0 Å². The van der Waals surface area contributed by atoms with Crippen molar-refractivity contribution in [2.45, 2.75) is 27.3 Å². The summed E-state index contributed by atoms with van der Waals surface area (Å²) in [6, 6.07) is 15.7. The third-order valence-electron chi connectivity index (χ3n) is 4.23. The summed E-state index contributed by atoms with van der Waals surface area (Å²) < 4.78 is 7.23. The highest BCUT2D eigenvalue weighted by molar-refractivity contribution is 6.32. The molecule has 3 aromatic rings. The van der Waals surface area contributed by atoms with E-state index in [0.717, 1.165) is 22.4 Å². The number of amides is 1. The first-order valence-electron chi connectivity index (χ1n) is 9.22. The van der Waals surface area contributed by atoms with Crippen LogP contribution in [0.15, 0.2) is 53.6 Å². The number of hydrogen-bond donors (Lipinski definition) is 1. The molecule has 29 heavy (non-hydrogen) atoms. The van der Waals surface area contributed by atoms with Crippen LogP contribution in [0.4, 0.5) is 0 Å². The summed E-state index contributed by atoms with van der Waals surface area (Å²) in [5.74, 6) is 0.300. The predicted molar refractivity (Wildman–Crippen MR) is 115 cm³/mol. The number of carbonyl (C=O) groups is 1. The summed E-state index contributed by atoms with van der Waals surface area (Å²) >= 11 is 6.44. The van der Waals surface area contributed by atoms with Crippen LogP contribution < -0.4 is 10.2 Å². The van der Waals surface area contributed by atoms with E-state index in [1.807, 2.05) is 69.3 Å². The zero-order valence-corrected chi connectivity index (χ0v) is 17.4. The summed E-state index contributed by atoms with van der Waals surface area (Å²) in [6.07, 6.45) is 1.50. The van der Waals surface area contributed by atoms with Crippen molar-refractivity contribution in [1.29, 1.82) is 0 Å². The molecule has 1 aromatic heterocycles. The number of halogens is 1. The number of aromatic nitrogens is 2. The van der Waals surface area contributed by atoms with Gasteiger partial charge in [-0.2, -0.15) is 10.2 Å². The van der Waals surface area contributed by atoms with Gasteiger partial charge >= 0.3 is 0 Å². The lowest BCUT2D eigenvalue weighted by Crippen LogP contribution is -2.24. The molecule has 2 aromatic carbocycles. The smallest absolute Gasteiger partial charge is 0.277 e. The molecule has 3 rings (SSSR count). The van der Waals surface area contributed by atoms with Crippen molar-refractivity contribution in [3.63, 3.8) is 0 Å². The number of carbonyl (C=O) groups excluding carboxylic acids is 1. The average Bonchev–Trinajstić information content (AvgIpc) is 2.94. The van der Waals surface area contributed by atoms with Crippen molar-refractivity contribution in [3.05, 3.63) is 81.6 Å². The number of hydrogen-bond acceptors (Lipinski definition) is 4. The molecule has 7 heteroatoms. The van der Waals surface area contributed by atoms with Gasteiger partial charge in [-0.3, -0.25) is 4.79 Å². The summed E-state index contributed by atoms with van der Waals surface area (Å²) in [4.78, 5) is 12.0. The molecule has 0 saturated heterocycles. The Morgan fingerprint density at radius 1 is 1.17 bits per heavy atom. The van der Waals surface area contributed by atoms with Gasteiger partial charge in [-0.05, 0) is 49.6 Å². The molecule has 0 fully saturated rings. The quantitative estimate of drug-likeness (QED) is 0.472. The average molecular weight is 411 g/mol. The Bertz CT molecular complexity index is 1010. The van der Waals surface area contributed by atoms with E-state index in [0.29, 0.717) is 23.0 Å². The third-order valence-corrected chi connectivity index (χ3v) is 4.63. The fourth-order valence-corrected chi connectivity index (χ4v) is 3.22. The van der Waals surface area contributed by atoms with E-state index in [2.05, 4.69) is 15.6 Å². The van der Waals surface area contributed by atoms with Crippen LogP contribution in [-0.4, -0.2) is 28.5 Å². The van der Waals surface area contributed by atoms with Crippen LogP contribution in [-0.2, 0) is 11.3 Å². The number of aryl methyl sites for hydroxylation is 3. The maximum atomic E-state index is 12.0. The normalized spacial score (nSPS) is 11.0. The van der Waals surface area contributed by atoms with E-state index in [1.165, 1.54) is 6.21 Å². The molecule has 1 heterocycles. The van der Waals surface area contributed by atoms with Crippen molar-refractivity contribution in [3.8, 4) is 5.75 Å². The molecule has 0 bridgehead atoms. The molecule has 0 radical (unpaired) electrons. The van der Waals surface area contributed by atoms with Gasteiger partial charge in [-0.1, -0.05) is 48.0 Å². The van der Waals surface area contributed by atoms with Crippen LogP contribution in [0.2, 0.25) is 5.15 Å². The van der Waals surface area contributed by atoms with Gasteiger partial charge in [0.25, 0.3) is 5.91 Å². The van der Waals surface area contributed by atoms with Gasteiger partial charge < -0.3 is 4.74 Å². The van der Waals surface area contributed by atoms with E-state index in [1.54, 1.807) is 4.68 Å². The number of ether oxygens (including phenoxy) is 1. The predicted octanol–water partition coefficient (Wildman–Crippen LogP) is 4.04. The van der Waals surface area contributed by atoms with Crippen molar-refractivity contribution in [2.75, 3.05) is 6.61 Å². The molecular weight excluding hydrogens is 388 g/mol. The first-order valence-corrected chi connectivity index (χ1v) is 9.60. The third kappa shape index (κ3) is 5.68. The number of hydrazone groups is 1. The van der Waals surface area contributed by atoms with Crippen LogP contribution in [0.3, 0.4) is 0 Å². The standard InChI is InChI=1S/C22H23ClN4O2/c1-15-9-16(2)11-19(10-15)29-14-21(28)25-24-12-20-17(3)26-27(22(20)23)13-18-7-5-4-6-8-18/h4-12H,13-14H2,1-3H3,(H,25,28). The molecule has 0 aliphatic heterocycles. The number of rotatable bonds is 7. The summed E-state index contributed by atoms with van der Waals surface area (Å²) in [7, 11) is 0. The lowest BCUT2D eigenvalue weighted by Gasteiger charge is -2.07. The summed E-state index contributed by atoms with van der Waals surface area (Å²) in [5.41, 5.74) is 7.10. The van der Waals surface area contributed by atoms with Crippen molar-refractivity contribution >= 4 is 23.7 Å². The topological polar surface area (TPSA) is 68.5 Å². The fourth-order valence-electron chi connectivity index (χ4n) is 2.94. The SMILES string of the molecule is Cc1cc(C)cc(OCC(=O)NN=Cc2c(C)nn(Cc3ccccc3)c2Cl)c1. The van der Waals surface area contributed by atoms with E-state index in [9.17, 15) is 4.79 Å². The molecule has 1 amide bonds. The van der Waals surface area contributed by atoms with Gasteiger partial charge in [0.05, 0.1) is 24.0 Å². The first kappa shape index (κ1) is 20.6. The first-order chi connectivity index (χ1) is 13.9. The molecule has 1 N–H and O–H groups in total. The van der Waals surface area contributed by atoms with Crippen molar-refractivity contribution in [2.24, 2.45) is 5.10 Å². The van der Waals surface area contributed by atoms with Gasteiger partial charge in [-0.25, -0.2) is 10.1 Å². The summed E-state index contributed by atoms with van der Waals surface area (Å²) in [6.45, 7) is 6.24. The lowest BCUT2D eigenvalue weighted by atomic mass is 10.1. The zero-order valence-electron chi connectivity index (χ0n) is 16.6. The monoisotopic (exact) mass is 410 g/mol. The molecule has 0 unspecified atom stereocenters. The number of benzene rings is 2. The second-order valence-corrected chi connectivity index (χ2v) is 7.20. The Hall–Kier alpha value is -3.12. The molecular formula is C22H23ClN4O2. The van der Waals surface area contributed by atoms with Crippen LogP contribution in [0.5, 0.6) is 5.75 Å². The Balaban J connectivity index is 1.57. The molecule has 6 nitrogen and oxygen atoms in total. The van der Waals surface area contributed by atoms with Crippen molar-refractivity contribution < 1.29 is 9.53 Å². The van der Waals surface area contributed by atoms with Gasteiger partial charge in [0.1, 0.15) is 10.9 Å². The van der Waals surface area contributed by atoms with Crippen LogP contribution in [0.1, 0.15) is 27.9 Å². The number of nitrogens with one attached hydrogen (secondary N) is 1. The molecule has 150 valence electrons. The highest BCUT2D eigenvalue weighted by Gasteiger charge is 2.12. The fraction of sp³-hybridized carbons (Fsp3) is 0.227. The van der Waals surface area contributed by atoms with Crippen LogP contribution >= 0.6 is 11.6 Å². The van der Waals surface area contributed by atoms with Crippen LogP contribution in [0, 0.1) is 20.8 Å². The van der Waals surface area contributed by atoms with Gasteiger partial charge in [-0.15, -0.1) is 0 Å². The molecule has 0 aliphatic rings. The molecule has 0 aliphatic carbocycles. The van der Waals surface area contributed by atoms with Gasteiger partial charge in [0.2, 0.25) is 0 Å². The Labute approximate surface area is 175 Å². The van der Waals surface area contributed by atoms with E-state index in [4.69, 9.17) is 16.3 Å². The maximum Gasteiger partial charge on any atom is 0.277 e. The van der Waals surface area contributed by atoms with Crippen molar-refractivity contribution in [1.82, 2.24) is 15.2 Å². The molecule has 0 atom stereocenters. The molecule has 0 spiro atoms. The van der Waals surface area contributed by atoms with E-state index in [-0.39, 0.29) is 12.5 Å². The van der Waals surface area contributed by atoms with E-state index >= 15 is 0 Å². The highest BCUT2D eigenvalue weighted by Crippen LogP contribution is 2.19. The number of nitrogens with zero attached hydrogens (tertiary/aromatic N) is 3. The largest absolute Gasteiger partial charge is 0.484 e. The van der Waals surface area contributed by atoms with Gasteiger partial charge in [0.15, 0.2) is 6.61 Å². The maximum absolute atomic E-state index is 12.0. The second-order valence-electron chi connectivity index (χ2n) is 6.84. The second kappa shape index (κ2) is 9.39. The lowest BCUT2D eigenvalue weighted by molar-refractivity contribution is -0.123.